The Morgan fingerprint density at radius 2 is 1.52 bits per heavy atom. The largest absolute Gasteiger partial charge is 0.374 e. The molecule has 0 aromatic heterocycles. The first kappa shape index (κ1) is 21.7. The monoisotopic (exact) mass is 352 g/mol. The highest BCUT2D eigenvalue weighted by molar-refractivity contribution is 6.33. The molecule has 142 valence electrons. The number of ketones is 4. The molecule has 1 saturated carbocycles. The predicted molar refractivity (Wildman–Crippen MR) is 94.9 cm³/mol. The van der Waals surface area contributed by atoms with E-state index in [-0.39, 0.29) is 24.7 Å². The van der Waals surface area contributed by atoms with Gasteiger partial charge in [-0.15, -0.1) is 0 Å². The zero-order valence-electron chi connectivity index (χ0n) is 16.3. The lowest BCUT2D eigenvalue weighted by atomic mass is 9.79. The van der Waals surface area contributed by atoms with Gasteiger partial charge in [-0.1, -0.05) is 48.0 Å². The van der Waals surface area contributed by atoms with Crippen molar-refractivity contribution in [3.63, 3.8) is 0 Å². The molecule has 1 fully saturated rings. The Labute approximate surface area is 150 Å². The van der Waals surface area contributed by atoms with Crippen LogP contribution < -0.4 is 0 Å². The molecule has 5 nitrogen and oxygen atoms in total. The number of rotatable bonds is 9. The normalized spacial score (nSPS) is 27.0. The third-order valence-electron chi connectivity index (χ3n) is 5.03. The van der Waals surface area contributed by atoms with E-state index in [1.165, 1.54) is 0 Å². The van der Waals surface area contributed by atoms with E-state index >= 15 is 0 Å². The summed E-state index contributed by atoms with van der Waals surface area (Å²) in [4.78, 5) is 50.6. The lowest BCUT2D eigenvalue weighted by Gasteiger charge is -2.26. The van der Waals surface area contributed by atoms with Crippen LogP contribution in [-0.2, 0) is 19.2 Å². The Hall–Kier alpha value is -1.36. The molecule has 1 unspecified atom stereocenters. The zero-order valence-corrected chi connectivity index (χ0v) is 16.3. The smallest absolute Gasteiger partial charge is 0.192 e. The van der Waals surface area contributed by atoms with Gasteiger partial charge in [-0.05, 0) is 24.7 Å². The molecule has 0 heterocycles. The number of hydrogen-bond acceptors (Lipinski definition) is 5. The molecule has 5 heteroatoms. The lowest BCUT2D eigenvalue weighted by molar-refractivity contribution is -0.155. The molecule has 1 aliphatic carbocycles. The van der Waals surface area contributed by atoms with Gasteiger partial charge in [-0.25, -0.2) is 0 Å². The maximum Gasteiger partial charge on any atom is 0.192 e. The molecule has 1 N–H and O–H groups in total. The van der Waals surface area contributed by atoms with Gasteiger partial charge in [0, 0.05) is 12.3 Å². The Balaban J connectivity index is 3.22. The second-order valence-electron chi connectivity index (χ2n) is 8.40. The highest BCUT2D eigenvalue weighted by Gasteiger charge is 2.64. The van der Waals surface area contributed by atoms with Crippen molar-refractivity contribution in [2.45, 2.75) is 72.8 Å². The number of Topliss-reactive ketones (excluding diaryl/α,β-unsaturated/α-hetero) is 4. The molecule has 3 atom stereocenters. The summed E-state index contributed by atoms with van der Waals surface area (Å²) in [6, 6.07) is 0. The minimum Gasteiger partial charge on any atom is -0.374 e. The Kier molecular flexibility index (Phi) is 7.24. The van der Waals surface area contributed by atoms with Gasteiger partial charge in [0.05, 0.1) is 5.92 Å². The number of aliphatic hydroxyl groups is 1. The Bertz CT molecular complexity index is 546. The maximum atomic E-state index is 12.8. The van der Waals surface area contributed by atoms with Gasteiger partial charge in [0.2, 0.25) is 0 Å². The summed E-state index contributed by atoms with van der Waals surface area (Å²) in [5.74, 6) is -5.20. The third kappa shape index (κ3) is 4.43. The number of carbonyl (C=O) groups excluding carboxylic acids is 4. The van der Waals surface area contributed by atoms with Gasteiger partial charge in [-0.3, -0.25) is 19.2 Å². The van der Waals surface area contributed by atoms with Crippen molar-refractivity contribution in [3.05, 3.63) is 0 Å². The quantitative estimate of drug-likeness (QED) is 0.645. The number of hydrogen-bond donors (Lipinski definition) is 1. The molecule has 0 aromatic rings. The van der Waals surface area contributed by atoms with Crippen LogP contribution in [0.2, 0.25) is 0 Å². The molecule has 0 saturated heterocycles. The van der Waals surface area contributed by atoms with Crippen LogP contribution in [0, 0.1) is 29.6 Å². The van der Waals surface area contributed by atoms with E-state index < -0.39 is 46.5 Å². The van der Waals surface area contributed by atoms with Crippen LogP contribution in [0.5, 0.6) is 0 Å². The van der Waals surface area contributed by atoms with Crippen LogP contribution in [0.1, 0.15) is 67.2 Å². The fraction of sp³-hybridized carbons (Fsp3) is 0.800. The van der Waals surface area contributed by atoms with Gasteiger partial charge in [0.15, 0.2) is 28.7 Å². The minimum absolute atomic E-state index is 0.0357. The SMILES string of the molecule is CC(C)CCC(=O)[C@@]1(O)C(=O)C(C(=O)C(C)C)C(=O)[C@@H]1CCC(C)C. The summed E-state index contributed by atoms with van der Waals surface area (Å²) in [5.41, 5.74) is -2.34. The van der Waals surface area contributed by atoms with Crippen LogP contribution in [0.3, 0.4) is 0 Å². The van der Waals surface area contributed by atoms with E-state index in [2.05, 4.69) is 0 Å². The van der Waals surface area contributed by atoms with Crippen LogP contribution >= 0.6 is 0 Å². The first-order valence-electron chi connectivity index (χ1n) is 9.31. The standard InChI is InChI=1S/C20H32O5/c1-11(2)7-9-14-18(23)16(17(22)13(5)6)19(24)20(14,25)15(21)10-8-12(3)4/h11-14,16,25H,7-10H2,1-6H3/t14-,16?,20+/m0/s1. The molecule has 0 radical (unpaired) electrons. The highest BCUT2D eigenvalue weighted by atomic mass is 16.3. The minimum atomic E-state index is -2.34. The van der Waals surface area contributed by atoms with Gasteiger partial charge < -0.3 is 5.11 Å². The predicted octanol–water partition coefficient (Wildman–Crippen LogP) is 2.77. The van der Waals surface area contributed by atoms with Crippen LogP contribution in [0.4, 0.5) is 0 Å². The summed E-state index contributed by atoms with van der Waals surface area (Å²) in [6.07, 6.45) is 1.41. The zero-order chi connectivity index (χ0) is 19.5. The van der Waals surface area contributed by atoms with Crippen LogP contribution in [0.25, 0.3) is 0 Å². The molecule has 0 aromatic carbocycles. The molecular weight excluding hydrogens is 320 g/mol. The van der Waals surface area contributed by atoms with Crippen LogP contribution in [-0.4, -0.2) is 33.8 Å². The summed E-state index contributed by atoms with van der Waals surface area (Å²) < 4.78 is 0. The van der Waals surface area contributed by atoms with E-state index in [4.69, 9.17) is 0 Å². The highest BCUT2D eigenvalue weighted by Crippen LogP contribution is 2.40. The fourth-order valence-electron chi connectivity index (χ4n) is 3.32. The fourth-order valence-corrected chi connectivity index (χ4v) is 3.32. The molecule has 1 aliphatic rings. The molecule has 0 amide bonds. The van der Waals surface area contributed by atoms with E-state index in [1.54, 1.807) is 13.8 Å². The topological polar surface area (TPSA) is 88.5 Å². The lowest BCUT2D eigenvalue weighted by Crippen LogP contribution is -2.50. The molecule has 0 aliphatic heterocycles. The third-order valence-corrected chi connectivity index (χ3v) is 5.03. The van der Waals surface area contributed by atoms with Gasteiger partial charge in [0.1, 0.15) is 5.92 Å². The van der Waals surface area contributed by atoms with E-state index in [1.807, 2.05) is 27.7 Å². The van der Waals surface area contributed by atoms with Crippen molar-refractivity contribution in [1.82, 2.24) is 0 Å². The van der Waals surface area contributed by atoms with Crippen molar-refractivity contribution in [2.75, 3.05) is 0 Å². The Morgan fingerprint density at radius 1 is 1.00 bits per heavy atom. The van der Waals surface area contributed by atoms with Gasteiger partial charge in [-0.2, -0.15) is 0 Å². The average molecular weight is 352 g/mol. The molecule has 0 spiro atoms. The first-order valence-corrected chi connectivity index (χ1v) is 9.31. The number of carbonyl (C=O) groups is 4. The van der Waals surface area contributed by atoms with Gasteiger partial charge >= 0.3 is 0 Å². The summed E-state index contributed by atoms with van der Waals surface area (Å²) in [5, 5.41) is 11.0. The maximum absolute atomic E-state index is 12.8. The van der Waals surface area contributed by atoms with Crippen molar-refractivity contribution < 1.29 is 24.3 Å². The second-order valence-corrected chi connectivity index (χ2v) is 8.40. The summed E-state index contributed by atoms with van der Waals surface area (Å²) >= 11 is 0. The van der Waals surface area contributed by atoms with Crippen molar-refractivity contribution >= 4 is 23.1 Å². The average Bonchev–Trinajstić information content (AvgIpc) is 2.69. The molecule has 0 bridgehead atoms. The van der Waals surface area contributed by atoms with Gasteiger partial charge in [0.25, 0.3) is 0 Å². The second kappa shape index (κ2) is 8.35. The molecular formula is C20H32O5. The van der Waals surface area contributed by atoms with E-state index in [0.29, 0.717) is 12.8 Å². The van der Waals surface area contributed by atoms with E-state index in [0.717, 1.165) is 0 Å². The van der Waals surface area contributed by atoms with Crippen LogP contribution in [0.15, 0.2) is 0 Å². The Morgan fingerprint density at radius 3 is 1.96 bits per heavy atom. The van der Waals surface area contributed by atoms with Crippen molar-refractivity contribution in [1.29, 1.82) is 0 Å². The molecule has 1 rings (SSSR count). The van der Waals surface area contributed by atoms with E-state index in [9.17, 15) is 24.3 Å². The summed E-state index contributed by atoms with van der Waals surface area (Å²) in [7, 11) is 0. The van der Waals surface area contributed by atoms with Crippen molar-refractivity contribution in [2.24, 2.45) is 29.6 Å². The van der Waals surface area contributed by atoms with Crippen molar-refractivity contribution in [3.8, 4) is 0 Å². The summed E-state index contributed by atoms with van der Waals surface area (Å²) in [6.45, 7) is 11.1. The molecule has 25 heavy (non-hydrogen) atoms. The first-order chi connectivity index (χ1) is 11.4.